The molecule has 0 saturated carbocycles. The van der Waals surface area contributed by atoms with E-state index in [-0.39, 0.29) is 11.9 Å². The van der Waals surface area contributed by atoms with Gasteiger partial charge in [-0.1, -0.05) is 23.7 Å². The van der Waals surface area contributed by atoms with Crippen molar-refractivity contribution in [2.75, 3.05) is 0 Å². The van der Waals surface area contributed by atoms with Crippen LogP contribution in [0, 0.1) is 12.7 Å². The number of hydrogen-bond acceptors (Lipinski definition) is 2. The second-order valence-corrected chi connectivity index (χ2v) is 7.23. The average Bonchev–Trinajstić information content (AvgIpc) is 2.66. The standard InChI is InChI=1S/C22H19ClFNO2.H2/c1-13-21(22(26)17-4-2-3-5-20(17)25-13)14-6-8-15(9-7-14)27-16-10-11-19(24)18(23)12-16;/h6-12H,2-5H2,1H3,(H,25,26);1H. The minimum Gasteiger partial charge on any atom is -0.457 e. The van der Waals surface area contributed by atoms with Crippen molar-refractivity contribution < 1.29 is 10.6 Å². The molecule has 0 aliphatic heterocycles. The molecule has 0 saturated heterocycles. The maximum Gasteiger partial charge on any atom is 0.193 e. The lowest BCUT2D eigenvalue weighted by atomic mass is 9.91. The first kappa shape index (κ1) is 17.8. The molecule has 3 aromatic rings. The molecule has 3 nitrogen and oxygen atoms in total. The number of halogens is 2. The predicted molar refractivity (Wildman–Crippen MR) is 107 cm³/mol. The Bertz CT molecular complexity index is 1060. The fraction of sp³-hybridized carbons (Fsp3) is 0.227. The largest absolute Gasteiger partial charge is 0.457 e. The summed E-state index contributed by atoms with van der Waals surface area (Å²) in [6, 6.07) is 11.6. The van der Waals surface area contributed by atoms with Crippen molar-refractivity contribution in [1.82, 2.24) is 4.98 Å². The van der Waals surface area contributed by atoms with Crippen LogP contribution in [0.2, 0.25) is 5.02 Å². The molecule has 0 spiro atoms. The monoisotopic (exact) mass is 385 g/mol. The topological polar surface area (TPSA) is 42.1 Å². The van der Waals surface area contributed by atoms with Gasteiger partial charge in [0.25, 0.3) is 0 Å². The fourth-order valence-electron chi connectivity index (χ4n) is 3.62. The highest BCUT2D eigenvalue weighted by Crippen LogP contribution is 2.29. The fourth-order valence-corrected chi connectivity index (χ4v) is 3.79. The van der Waals surface area contributed by atoms with Crippen LogP contribution in [0.4, 0.5) is 4.39 Å². The minimum absolute atomic E-state index is 0. The van der Waals surface area contributed by atoms with Crippen molar-refractivity contribution in [2.45, 2.75) is 32.6 Å². The van der Waals surface area contributed by atoms with E-state index in [2.05, 4.69) is 4.98 Å². The molecular formula is C22H21ClFNO2. The second kappa shape index (κ2) is 7.20. The molecule has 1 aromatic heterocycles. The molecule has 2 aromatic carbocycles. The quantitative estimate of drug-likeness (QED) is 0.595. The third-order valence-corrected chi connectivity index (χ3v) is 5.24. The van der Waals surface area contributed by atoms with Gasteiger partial charge in [-0.15, -0.1) is 0 Å². The normalized spacial score (nSPS) is 13.3. The lowest BCUT2D eigenvalue weighted by Crippen LogP contribution is -2.21. The minimum atomic E-state index is -0.485. The van der Waals surface area contributed by atoms with E-state index in [4.69, 9.17) is 16.3 Å². The first-order valence-corrected chi connectivity index (χ1v) is 9.38. The summed E-state index contributed by atoms with van der Waals surface area (Å²) < 4.78 is 19.0. The van der Waals surface area contributed by atoms with E-state index < -0.39 is 5.82 Å². The number of aromatic amines is 1. The van der Waals surface area contributed by atoms with Crippen LogP contribution >= 0.6 is 11.6 Å². The molecule has 0 bridgehead atoms. The van der Waals surface area contributed by atoms with Gasteiger partial charge >= 0.3 is 0 Å². The molecule has 140 valence electrons. The van der Waals surface area contributed by atoms with Gasteiger partial charge in [0.1, 0.15) is 17.3 Å². The highest BCUT2D eigenvalue weighted by Gasteiger charge is 2.18. The Morgan fingerprint density at radius 2 is 1.78 bits per heavy atom. The van der Waals surface area contributed by atoms with Crippen LogP contribution in [0.1, 0.15) is 31.2 Å². The van der Waals surface area contributed by atoms with Crippen LogP contribution < -0.4 is 10.2 Å². The highest BCUT2D eigenvalue weighted by molar-refractivity contribution is 6.30. The Morgan fingerprint density at radius 3 is 2.52 bits per heavy atom. The van der Waals surface area contributed by atoms with Crippen LogP contribution in [0.15, 0.2) is 47.3 Å². The average molecular weight is 386 g/mol. The third kappa shape index (κ3) is 3.50. The summed E-state index contributed by atoms with van der Waals surface area (Å²) in [4.78, 5) is 16.4. The van der Waals surface area contributed by atoms with Crippen molar-refractivity contribution in [3.63, 3.8) is 0 Å². The molecule has 0 fully saturated rings. The zero-order chi connectivity index (χ0) is 19.0. The van der Waals surface area contributed by atoms with Gasteiger partial charge in [-0.25, -0.2) is 4.39 Å². The molecule has 27 heavy (non-hydrogen) atoms. The lowest BCUT2D eigenvalue weighted by molar-refractivity contribution is 0.480. The van der Waals surface area contributed by atoms with Crippen LogP contribution in [-0.2, 0) is 12.8 Å². The van der Waals surface area contributed by atoms with Gasteiger partial charge in [-0.05, 0) is 62.4 Å². The molecule has 0 radical (unpaired) electrons. The summed E-state index contributed by atoms with van der Waals surface area (Å²) in [7, 11) is 0. The Kier molecular flexibility index (Phi) is 4.75. The zero-order valence-corrected chi connectivity index (χ0v) is 15.7. The summed E-state index contributed by atoms with van der Waals surface area (Å²) in [5.41, 5.74) is 4.59. The maximum atomic E-state index is 13.3. The van der Waals surface area contributed by atoms with E-state index in [0.29, 0.717) is 17.1 Å². The number of ether oxygens (including phenoxy) is 1. The number of pyridine rings is 1. The Balaban J connectivity index is 0.00000225. The molecule has 1 aliphatic carbocycles. The van der Waals surface area contributed by atoms with Crippen molar-refractivity contribution in [1.29, 1.82) is 0 Å². The van der Waals surface area contributed by atoms with Gasteiger partial charge in [0, 0.05) is 30.0 Å². The van der Waals surface area contributed by atoms with E-state index in [9.17, 15) is 9.18 Å². The molecule has 4 rings (SSSR count). The number of hydrogen-bond donors (Lipinski definition) is 1. The van der Waals surface area contributed by atoms with Gasteiger partial charge in [0.05, 0.1) is 5.02 Å². The van der Waals surface area contributed by atoms with Gasteiger partial charge in [0.2, 0.25) is 0 Å². The van der Waals surface area contributed by atoms with Crippen molar-refractivity contribution >= 4 is 11.6 Å². The second-order valence-electron chi connectivity index (χ2n) is 6.82. The highest BCUT2D eigenvalue weighted by atomic mass is 35.5. The summed E-state index contributed by atoms with van der Waals surface area (Å²) in [6.07, 6.45) is 3.97. The Hall–Kier alpha value is -2.59. The first-order chi connectivity index (χ1) is 13.0. The van der Waals surface area contributed by atoms with Gasteiger partial charge in [-0.3, -0.25) is 4.79 Å². The molecule has 0 amide bonds. The maximum absolute atomic E-state index is 13.3. The number of fused-ring (bicyclic) bond motifs is 1. The molecule has 5 heteroatoms. The summed E-state index contributed by atoms with van der Waals surface area (Å²) in [6.45, 7) is 1.94. The number of nitrogens with one attached hydrogen (secondary N) is 1. The van der Waals surface area contributed by atoms with E-state index in [1.54, 1.807) is 12.1 Å². The lowest BCUT2D eigenvalue weighted by Gasteiger charge is -2.18. The smallest absolute Gasteiger partial charge is 0.193 e. The summed E-state index contributed by atoms with van der Waals surface area (Å²) in [5.74, 6) is 0.562. The molecule has 0 unspecified atom stereocenters. The van der Waals surface area contributed by atoms with Crippen molar-refractivity contribution in [3.8, 4) is 22.6 Å². The number of benzene rings is 2. The van der Waals surface area contributed by atoms with Crippen LogP contribution in [0.3, 0.4) is 0 Å². The third-order valence-electron chi connectivity index (χ3n) is 4.95. The number of aromatic nitrogens is 1. The van der Waals surface area contributed by atoms with E-state index >= 15 is 0 Å². The van der Waals surface area contributed by atoms with E-state index in [1.165, 1.54) is 18.2 Å². The number of H-pyrrole nitrogens is 1. The predicted octanol–water partition coefficient (Wildman–Crippen LogP) is 6.06. The summed E-state index contributed by atoms with van der Waals surface area (Å²) in [5, 5.41) is 0.0142. The van der Waals surface area contributed by atoms with Gasteiger partial charge < -0.3 is 9.72 Å². The van der Waals surface area contributed by atoms with Crippen LogP contribution in [-0.4, -0.2) is 4.98 Å². The molecule has 1 aliphatic rings. The molecule has 0 atom stereocenters. The molecule has 1 heterocycles. The SMILES string of the molecule is Cc1[nH]c2c(c(=O)c1-c1ccc(Oc3ccc(F)c(Cl)c3)cc1)CCCC2.[HH]. The molecular weight excluding hydrogens is 365 g/mol. The van der Waals surface area contributed by atoms with Gasteiger partial charge in [0.15, 0.2) is 5.43 Å². The summed E-state index contributed by atoms with van der Waals surface area (Å²) >= 11 is 5.78. The van der Waals surface area contributed by atoms with E-state index in [0.717, 1.165) is 48.2 Å². The van der Waals surface area contributed by atoms with Crippen molar-refractivity contribution in [3.05, 3.63) is 80.5 Å². The Morgan fingerprint density at radius 1 is 1.07 bits per heavy atom. The first-order valence-electron chi connectivity index (χ1n) is 9.01. The van der Waals surface area contributed by atoms with Crippen molar-refractivity contribution in [2.24, 2.45) is 0 Å². The Labute approximate surface area is 163 Å². The van der Waals surface area contributed by atoms with Gasteiger partial charge in [-0.2, -0.15) is 0 Å². The zero-order valence-electron chi connectivity index (χ0n) is 14.9. The van der Waals surface area contributed by atoms with Crippen LogP contribution in [0.5, 0.6) is 11.5 Å². The molecule has 1 N–H and O–H groups in total. The number of rotatable bonds is 3. The van der Waals surface area contributed by atoms with Crippen LogP contribution in [0.25, 0.3) is 11.1 Å². The van der Waals surface area contributed by atoms with E-state index in [1.807, 2.05) is 19.1 Å². The number of aryl methyl sites for hydroxylation is 2.